The summed E-state index contributed by atoms with van der Waals surface area (Å²) < 4.78 is 5.25. The van der Waals surface area contributed by atoms with Crippen LogP contribution in [0.5, 0.6) is 5.75 Å². The van der Waals surface area contributed by atoms with Crippen LogP contribution in [0, 0.1) is 5.92 Å². The maximum Gasteiger partial charge on any atom is 0.134 e. The molecule has 6 heteroatoms. The Morgan fingerprint density at radius 1 is 1.00 bits per heavy atom. The van der Waals surface area contributed by atoms with Crippen molar-refractivity contribution >= 4 is 11.6 Å². The third-order valence-corrected chi connectivity index (χ3v) is 6.18. The standard InChI is InChI=1S/C23H33N5O/c1-29-21-7-5-20(6-8-21)17-27-13-9-19(10-14-27)16-24-22-15-23(26-18-25-22)28-11-3-2-4-12-28/h5-8,15,18-19H,2-4,9-14,16-17H2,1H3,(H,24,25,26). The molecule has 0 saturated carbocycles. The number of benzene rings is 1. The molecule has 2 saturated heterocycles. The molecule has 0 unspecified atom stereocenters. The summed E-state index contributed by atoms with van der Waals surface area (Å²) in [5.74, 6) is 3.65. The average Bonchev–Trinajstić information content (AvgIpc) is 2.80. The highest BCUT2D eigenvalue weighted by Crippen LogP contribution is 2.22. The lowest BCUT2D eigenvalue weighted by molar-refractivity contribution is 0.182. The number of methoxy groups -OCH3 is 1. The van der Waals surface area contributed by atoms with Gasteiger partial charge < -0.3 is 15.0 Å². The first kappa shape index (κ1) is 20.0. The van der Waals surface area contributed by atoms with Crippen LogP contribution in [0.15, 0.2) is 36.7 Å². The fraction of sp³-hybridized carbons (Fsp3) is 0.565. The lowest BCUT2D eigenvalue weighted by Gasteiger charge is -2.32. The van der Waals surface area contributed by atoms with Crippen molar-refractivity contribution in [2.75, 3.05) is 50.1 Å². The van der Waals surface area contributed by atoms with Crippen LogP contribution in [0.25, 0.3) is 0 Å². The molecule has 1 aromatic heterocycles. The summed E-state index contributed by atoms with van der Waals surface area (Å²) in [4.78, 5) is 13.8. The van der Waals surface area contributed by atoms with E-state index in [4.69, 9.17) is 4.74 Å². The van der Waals surface area contributed by atoms with Crippen LogP contribution in [-0.4, -0.2) is 54.7 Å². The van der Waals surface area contributed by atoms with Gasteiger partial charge >= 0.3 is 0 Å². The molecule has 0 aliphatic carbocycles. The molecule has 0 amide bonds. The quantitative estimate of drug-likeness (QED) is 0.770. The van der Waals surface area contributed by atoms with Crippen molar-refractivity contribution in [2.24, 2.45) is 5.92 Å². The zero-order valence-corrected chi connectivity index (χ0v) is 17.5. The van der Waals surface area contributed by atoms with E-state index in [9.17, 15) is 0 Å². The summed E-state index contributed by atoms with van der Waals surface area (Å²) in [6.45, 7) is 6.55. The second kappa shape index (κ2) is 9.92. The van der Waals surface area contributed by atoms with Crippen molar-refractivity contribution in [2.45, 2.75) is 38.6 Å². The average molecular weight is 396 g/mol. The fourth-order valence-electron chi connectivity index (χ4n) is 4.33. The Kier molecular flexibility index (Phi) is 6.83. The summed E-state index contributed by atoms with van der Waals surface area (Å²) >= 11 is 0. The summed E-state index contributed by atoms with van der Waals surface area (Å²) in [7, 11) is 1.71. The largest absolute Gasteiger partial charge is 0.497 e. The van der Waals surface area contributed by atoms with Gasteiger partial charge in [0.1, 0.15) is 23.7 Å². The number of aromatic nitrogens is 2. The summed E-state index contributed by atoms with van der Waals surface area (Å²) in [6, 6.07) is 10.5. The predicted molar refractivity (Wildman–Crippen MR) is 118 cm³/mol. The summed E-state index contributed by atoms with van der Waals surface area (Å²) in [5.41, 5.74) is 1.36. The smallest absolute Gasteiger partial charge is 0.134 e. The Labute approximate surface area is 174 Å². The maximum atomic E-state index is 5.25. The molecule has 4 rings (SSSR count). The molecule has 1 N–H and O–H groups in total. The molecule has 0 atom stereocenters. The van der Waals surface area contributed by atoms with Crippen LogP contribution in [0.4, 0.5) is 11.6 Å². The van der Waals surface area contributed by atoms with E-state index in [-0.39, 0.29) is 0 Å². The number of ether oxygens (including phenoxy) is 1. The highest BCUT2D eigenvalue weighted by molar-refractivity contribution is 5.48. The van der Waals surface area contributed by atoms with Gasteiger partial charge in [-0.25, -0.2) is 9.97 Å². The zero-order valence-electron chi connectivity index (χ0n) is 17.5. The Bertz CT molecular complexity index is 752. The lowest BCUT2D eigenvalue weighted by atomic mass is 9.96. The van der Waals surface area contributed by atoms with Crippen LogP contribution in [0.1, 0.15) is 37.7 Å². The number of hydrogen-bond acceptors (Lipinski definition) is 6. The minimum absolute atomic E-state index is 0.704. The topological polar surface area (TPSA) is 53.5 Å². The van der Waals surface area contributed by atoms with Crippen molar-refractivity contribution in [3.63, 3.8) is 0 Å². The Morgan fingerprint density at radius 2 is 1.76 bits per heavy atom. The van der Waals surface area contributed by atoms with Crippen LogP contribution >= 0.6 is 0 Å². The normalized spacial score (nSPS) is 18.6. The molecule has 0 bridgehead atoms. The molecule has 29 heavy (non-hydrogen) atoms. The molecule has 156 valence electrons. The van der Waals surface area contributed by atoms with Crippen LogP contribution in [-0.2, 0) is 6.54 Å². The molecule has 2 aliphatic heterocycles. The first-order valence-electron chi connectivity index (χ1n) is 11.0. The Hall–Kier alpha value is -2.34. The minimum Gasteiger partial charge on any atom is -0.497 e. The van der Waals surface area contributed by atoms with Gasteiger partial charge in [0, 0.05) is 32.2 Å². The van der Waals surface area contributed by atoms with E-state index in [2.05, 4.69) is 43.3 Å². The highest BCUT2D eigenvalue weighted by Gasteiger charge is 2.19. The van der Waals surface area contributed by atoms with Crippen molar-refractivity contribution in [3.05, 3.63) is 42.2 Å². The Balaban J connectivity index is 1.21. The van der Waals surface area contributed by atoms with E-state index in [1.165, 1.54) is 37.7 Å². The second-order valence-electron chi connectivity index (χ2n) is 8.26. The molecule has 0 radical (unpaired) electrons. The van der Waals surface area contributed by atoms with Crippen LogP contribution in [0.3, 0.4) is 0 Å². The number of anilines is 2. The number of piperidine rings is 2. The predicted octanol–water partition coefficient (Wildman–Crippen LogP) is 3.80. The van der Waals surface area contributed by atoms with Gasteiger partial charge in [-0.1, -0.05) is 12.1 Å². The van der Waals surface area contributed by atoms with Gasteiger partial charge in [-0.05, 0) is 68.8 Å². The molecule has 6 nitrogen and oxygen atoms in total. The van der Waals surface area contributed by atoms with Crippen LogP contribution < -0.4 is 15.0 Å². The molecular weight excluding hydrogens is 362 g/mol. The number of nitrogens with zero attached hydrogens (tertiary/aromatic N) is 4. The van der Waals surface area contributed by atoms with E-state index in [0.29, 0.717) is 5.92 Å². The van der Waals surface area contributed by atoms with Gasteiger partial charge in [0.25, 0.3) is 0 Å². The fourth-order valence-corrected chi connectivity index (χ4v) is 4.33. The van der Waals surface area contributed by atoms with Gasteiger partial charge in [-0.15, -0.1) is 0 Å². The van der Waals surface area contributed by atoms with Gasteiger partial charge in [0.15, 0.2) is 0 Å². The molecule has 2 fully saturated rings. The SMILES string of the molecule is COc1ccc(CN2CCC(CNc3cc(N4CCCCC4)ncn3)CC2)cc1. The lowest BCUT2D eigenvalue weighted by Crippen LogP contribution is -2.35. The molecule has 2 aliphatic rings. The first-order valence-corrected chi connectivity index (χ1v) is 11.0. The number of likely N-dealkylation sites (tertiary alicyclic amines) is 1. The first-order chi connectivity index (χ1) is 14.3. The summed E-state index contributed by atoms with van der Waals surface area (Å²) in [5, 5.41) is 3.56. The molecule has 3 heterocycles. The van der Waals surface area contributed by atoms with Crippen molar-refractivity contribution in [3.8, 4) is 5.75 Å². The van der Waals surface area contributed by atoms with E-state index < -0.39 is 0 Å². The van der Waals surface area contributed by atoms with Gasteiger partial charge in [-0.2, -0.15) is 0 Å². The van der Waals surface area contributed by atoms with Crippen molar-refractivity contribution in [1.29, 1.82) is 0 Å². The minimum atomic E-state index is 0.704. The van der Waals surface area contributed by atoms with Crippen LogP contribution in [0.2, 0.25) is 0 Å². The monoisotopic (exact) mass is 395 g/mol. The summed E-state index contributed by atoms with van der Waals surface area (Å²) in [6.07, 6.45) is 8.03. The van der Waals surface area contributed by atoms with Gasteiger partial charge in [-0.3, -0.25) is 4.90 Å². The van der Waals surface area contributed by atoms with E-state index in [0.717, 1.165) is 56.7 Å². The number of rotatable bonds is 7. The van der Waals surface area contributed by atoms with E-state index in [1.54, 1.807) is 13.4 Å². The molecule has 2 aromatic rings. The molecule has 0 spiro atoms. The second-order valence-corrected chi connectivity index (χ2v) is 8.26. The van der Waals surface area contributed by atoms with E-state index >= 15 is 0 Å². The zero-order chi connectivity index (χ0) is 19.9. The van der Waals surface area contributed by atoms with Crippen molar-refractivity contribution < 1.29 is 4.74 Å². The highest BCUT2D eigenvalue weighted by atomic mass is 16.5. The number of nitrogens with one attached hydrogen (secondary N) is 1. The Morgan fingerprint density at radius 3 is 2.48 bits per heavy atom. The van der Waals surface area contributed by atoms with Gasteiger partial charge in [0.05, 0.1) is 7.11 Å². The molecular formula is C23H33N5O. The third-order valence-electron chi connectivity index (χ3n) is 6.18. The van der Waals surface area contributed by atoms with Gasteiger partial charge in [0.2, 0.25) is 0 Å². The molecule has 1 aromatic carbocycles. The maximum absolute atomic E-state index is 5.25. The third kappa shape index (κ3) is 5.60. The number of hydrogen-bond donors (Lipinski definition) is 1. The van der Waals surface area contributed by atoms with E-state index in [1.807, 2.05) is 12.1 Å². The van der Waals surface area contributed by atoms with Crippen molar-refractivity contribution in [1.82, 2.24) is 14.9 Å².